The largest absolute Gasteiger partial charge is 0.392 e. The average Bonchev–Trinajstić information content (AvgIpc) is 3.11. The minimum absolute atomic E-state index is 0.00960. The molecule has 0 unspecified atom stereocenters. The van der Waals surface area contributed by atoms with Gasteiger partial charge in [-0.05, 0) is 53.2 Å². The number of Topliss-reactive ketones (excluding diaryl/α,β-unsaturated/α-hetero) is 1. The lowest BCUT2D eigenvalue weighted by molar-refractivity contribution is -0.175. The molecule has 0 aliphatic heterocycles. The van der Waals surface area contributed by atoms with Crippen LogP contribution in [0.1, 0.15) is 51.4 Å². The van der Waals surface area contributed by atoms with Crippen LogP contribution in [0.4, 0.5) is 0 Å². The monoisotopic (exact) mass is 489 g/mol. The molecule has 2 bridgehead atoms. The van der Waals surface area contributed by atoms with E-state index in [2.05, 4.69) is 24.2 Å². The van der Waals surface area contributed by atoms with Crippen molar-refractivity contribution in [3.8, 4) is 0 Å². The van der Waals surface area contributed by atoms with Gasteiger partial charge in [0.15, 0.2) is 5.78 Å². The molecule has 1 aromatic carbocycles. The van der Waals surface area contributed by atoms with Gasteiger partial charge in [0.25, 0.3) is 0 Å². The second kappa shape index (κ2) is 7.70. The molecule has 6 rings (SSSR count). The third kappa shape index (κ3) is 2.88. The van der Waals surface area contributed by atoms with E-state index in [0.29, 0.717) is 17.9 Å². The van der Waals surface area contributed by atoms with Gasteiger partial charge >= 0.3 is 0 Å². The number of hydrogen-bond acceptors (Lipinski definition) is 6. The first-order valence-electron chi connectivity index (χ1n) is 13.0. The smallest absolute Gasteiger partial charge is 0.153 e. The van der Waals surface area contributed by atoms with Gasteiger partial charge in [0, 0.05) is 18.5 Å². The molecule has 7 heteroatoms. The molecule has 1 heterocycles. The van der Waals surface area contributed by atoms with Crippen LogP contribution in [0.2, 0.25) is 0 Å². The third-order valence-electron chi connectivity index (χ3n) is 9.98. The zero-order valence-electron chi connectivity index (χ0n) is 21.3. The standard InChI is InChI=1S/C29H35N3O4/c1-16-13-28-17(2)10-22-23(27(22,3)4)21(26(28)35)12-19(15-33)25(34)29(28,36)24(16)32-14-20(30-31-32)11-18-8-6-5-7-9-18/h5-9,12-14,17,21-25,33-34,36H,10-11,15H2,1-4H3/t17-,21+,22-,23+,24+,25-,28+,29-/m1/s1. The molecular weight excluding hydrogens is 454 g/mol. The molecule has 36 heavy (non-hydrogen) atoms. The van der Waals surface area contributed by atoms with E-state index < -0.39 is 35.7 Å². The van der Waals surface area contributed by atoms with Gasteiger partial charge in [0.05, 0.1) is 17.7 Å². The Kier molecular flexibility index (Phi) is 5.08. The molecule has 2 aromatic rings. The fourth-order valence-corrected chi connectivity index (χ4v) is 8.17. The van der Waals surface area contributed by atoms with Crippen LogP contribution in [0.5, 0.6) is 0 Å². The Balaban J connectivity index is 1.47. The third-order valence-corrected chi connectivity index (χ3v) is 9.98. The Morgan fingerprint density at radius 3 is 2.61 bits per heavy atom. The van der Waals surface area contributed by atoms with E-state index in [1.165, 1.54) is 0 Å². The van der Waals surface area contributed by atoms with Gasteiger partial charge in [-0.2, -0.15) is 0 Å². The normalized spacial score (nSPS) is 40.5. The van der Waals surface area contributed by atoms with Crippen LogP contribution in [0.15, 0.2) is 59.8 Å². The molecular formula is C29H35N3O4. The lowest BCUT2D eigenvalue weighted by Gasteiger charge is -2.49. The fourth-order valence-electron chi connectivity index (χ4n) is 8.17. The molecule has 0 radical (unpaired) electrons. The van der Waals surface area contributed by atoms with Crippen molar-refractivity contribution in [1.29, 1.82) is 0 Å². The number of carbonyl (C=O) groups is 1. The summed E-state index contributed by atoms with van der Waals surface area (Å²) in [5.41, 5.74) is -0.248. The molecule has 7 nitrogen and oxygen atoms in total. The molecule has 4 aliphatic rings. The number of rotatable bonds is 4. The summed E-state index contributed by atoms with van der Waals surface area (Å²) in [7, 11) is 0. The number of aliphatic hydroxyl groups is 3. The molecule has 2 fully saturated rings. The number of fused-ring (bicyclic) bond motifs is 3. The SMILES string of the molecule is CC1=C[C@]23C(=O)[C@@H](C=C(CO)[C@@H](O)[C@]2(O)[C@H]1n1cc(Cc2ccccc2)nn1)[C@H]1[C@@H](C[C@H]3C)C1(C)C. The molecule has 4 aliphatic carbocycles. The predicted octanol–water partition coefficient (Wildman–Crippen LogP) is 2.88. The van der Waals surface area contributed by atoms with Crippen LogP contribution in [0.3, 0.4) is 0 Å². The van der Waals surface area contributed by atoms with E-state index in [4.69, 9.17) is 0 Å². The van der Waals surface area contributed by atoms with Crippen LogP contribution in [0.25, 0.3) is 0 Å². The average molecular weight is 490 g/mol. The summed E-state index contributed by atoms with van der Waals surface area (Å²) in [6.45, 7) is 7.90. The second-order valence-electron chi connectivity index (χ2n) is 12.1. The van der Waals surface area contributed by atoms with Gasteiger partial charge in [0.2, 0.25) is 0 Å². The minimum Gasteiger partial charge on any atom is -0.392 e. The van der Waals surface area contributed by atoms with Gasteiger partial charge in [-0.15, -0.1) is 5.10 Å². The highest BCUT2D eigenvalue weighted by Gasteiger charge is 2.76. The molecule has 0 amide bonds. The lowest BCUT2D eigenvalue weighted by atomic mass is 9.58. The maximum atomic E-state index is 14.5. The first kappa shape index (κ1) is 23.8. The molecule has 1 spiro atoms. The highest BCUT2D eigenvalue weighted by molar-refractivity contribution is 5.95. The number of aliphatic hydroxyl groups excluding tert-OH is 2. The highest BCUT2D eigenvalue weighted by Crippen LogP contribution is 2.72. The molecule has 3 N–H and O–H groups in total. The van der Waals surface area contributed by atoms with Crippen LogP contribution >= 0.6 is 0 Å². The van der Waals surface area contributed by atoms with Crippen LogP contribution in [0, 0.1) is 34.5 Å². The Labute approximate surface area is 211 Å². The molecule has 8 atom stereocenters. The summed E-state index contributed by atoms with van der Waals surface area (Å²) in [5, 5.41) is 43.4. The molecule has 190 valence electrons. The Hall–Kier alpha value is -2.61. The van der Waals surface area contributed by atoms with E-state index in [1.807, 2.05) is 50.3 Å². The predicted molar refractivity (Wildman–Crippen MR) is 134 cm³/mol. The van der Waals surface area contributed by atoms with Crippen molar-refractivity contribution >= 4 is 5.78 Å². The maximum absolute atomic E-state index is 14.5. The van der Waals surface area contributed by atoms with E-state index >= 15 is 0 Å². The number of benzene rings is 1. The van der Waals surface area contributed by atoms with Crippen molar-refractivity contribution in [2.45, 2.75) is 58.3 Å². The van der Waals surface area contributed by atoms with E-state index in [1.54, 1.807) is 17.0 Å². The Bertz CT molecular complexity index is 1280. The summed E-state index contributed by atoms with van der Waals surface area (Å²) < 4.78 is 1.60. The minimum atomic E-state index is -1.89. The van der Waals surface area contributed by atoms with Crippen LogP contribution in [-0.2, 0) is 11.2 Å². The van der Waals surface area contributed by atoms with Crippen molar-refractivity contribution in [3.63, 3.8) is 0 Å². The zero-order chi connectivity index (χ0) is 25.6. The number of aromatic nitrogens is 3. The van der Waals surface area contributed by atoms with Crippen LogP contribution in [-0.4, -0.2) is 54.4 Å². The second-order valence-corrected chi connectivity index (χ2v) is 12.1. The number of carbonyl (C=O) groups excluding carboxylic acids is 1. The van der Waals surface area contributed by atoms with Gasteiger partial charge in [-0.1, -0.05) is 68.5 Å². The zero-order valence-corrected chi connectivity index (χ0v) is 21.3. The Morgan fingerprint density at radius 1 is 1.19 bits per heavy atom. The van der Waals surface area contributed by atoms with Crippen molar-refractivity contribution in [2.75, 3.05) is 6.61 Å². The van der Waals surface area contributed by atoms with Crippen molar-refractivity contribution in [3.05, 3.63) is 71.1 Å². The van der Waals surface area contributed by atoms with Crippen molar-refractivity contribution < 1.29 is 20.1 Å². The lowest BCUT2D eigenvalue weighted by Crippen LogP contribution is -2.63. The summed E-state index contributed by atoms with van der Waals surface area (Å²) in [6.07, 6.45) is 5.43. The molecule has 1 aromatic heterocycles. The van der Waals surface area contributed by atoms with Crippen LogP contribution < -0.4 is 0 Å². The molecule has 0 saturated heterocycles. The Morgan fingerprint density at radius 2 is 1.92 bits per heavy atom. The summed E-state index contributed by atoms with van der Waals surface area (Å²) >= 11 is 0. The van der Waals surface area contributed by atoms with E-state index in [-0.39, 0.29) is 23.0 Å². The number of ketones is 1. The topological polar surface area (TPSA) is 108 Å². The summed E-state index contributed by atoms with van der Waals surface area (Å²) in [5.74, 6) is -0.201. The van der Waals surface area contributed by atoms with Crippen molar-refractivity contribution in [2.24, 2.45) is 34.5 Å². The van der Waals surface area contributed by atoms with Gasteiger partial charge < -0.3 is 15.3 Å². The summed E-state index contributed by atoms with van der Waals surface area (Å²) in [6, 6.07) is 9.17. The summed E-state index contributed by atoms with van der Waals surface area (Å²) in [4.78, 5) is 14.5. The molecule has 2 saturated carbocycles. The quantitative estimate of drug-likeness (QED) is 0.570. The number of nitrogens with zero attached hydrogens (tertiary/aromatic N) is 3. The maximum Gasteiger partial charge on any atom is 0.153 e. The first-order chi connectivity index (χ1) is 17.1. The number of allylic oxidation sites excluding steroid dienone is 1. The van der Waals surface area contributed by atoms with Gasteiger partial charge in [-0.3, -0.25) is 4.79 Å². The fraction of sp³-hybridized carbons (Fsp3) is 0.552. The van der Waals surface area contributed by atoms with E-state index in [0.717, 1.165) is 23.3 Å². The first-order valence-corrected chi connectivity index (χ1v) is 13.0. The van der Waals surface area contributed by atoms with E-state index in [9.17, 15) is 20.1 Å². The van der Waals surface area contributed by atoms with Gasteiger partial charge in [-0.25, -0.2) is 4.68 Å². The number of hydrogen-bond donors (Lipinski definition) is 3. The van der Waals surface area contributed by atoms with Gasteiger partial charge in [0.1, 0.15) is 17.7 Å². The van der Waals surface area contributed by atoms with Crippen molar-refractivity contribution in [1.82, 2.24) is 15.0 Å². The highest BCUT2D eigenvalue weighted by atomic mass is 16.3.